The molecule has 0 spiro atoms. The molecule has 5 rings (SSSR count). The zero-order valence-electron chi connectivity index (χ0n) is 20.0. The highest BCUT2D eigenvalue weighted by molar-refractivity contribution is 6.30. The van der Waals surface area contributed by atoms with E-state index in [1.165, 1.54) is 6.20 Å². The first-order valence-electron chi connectivity index (χ1n) is 12.1. The van der Waals surface area contributed by atoms with Crippen LogP contribution in [0.4, 0.5) is 5.82 Å². The van der Waals surface area contributed by atoms with Crippen LogP contribution in [-0.4, -0.2) is 38.3 Å². The standard InChI is InChI=1S/C29H25ClN6O/c30-24-10-11-26(34-19-24)35-29(37)25-9-4-14-36(25)28(21-6-1-5-20(15-21)16-31)27(22-7-2-12-32-17-22)23-8-3-13-33-18-23/h1-3,5-8,10-13,15,17-19,25,27-28H,4,9,14H2,(H,34,35,37)/t25-,28?/m0/s1. The minimum atomic E-state index is -0.385. The van der Waals surface area contributed by atoms with Crippen molar-refractivity contribution in [1.29, 1.82) is 5.26 Å². The summed E-state index contributed by atoms with van der Waals surface area (Å²) in [4.78, 5) is 28.8. The number of hydrogen-bond acceptors (Lipinski definition) is 6. The Morgan fingerprint density at radius 2 is 1.73 bits per heavy atom. The maximum absolute atomic E-state index is 13.6. The summed E-state index contributed by atoms with van der Waals surface area (Å²) >= 11 is 5.97. The normalized spacial score (nSPS) is 16.3. The van der Waals surface area contributed by atoms with Crippen LogP contribution in [0.2, 0.25) is 5.02 Å². The molecule has 3 aromatic heterocycles. The molecule has 8 heteroatoms. The third-order valence-corrected chi connectivity index (χ3v) is 6.92. The Morgan fingerprint density at radius 3 is 2.35 bits per heavy atom. The number of rotatable bonds is 7. The van der Waals surface area contributed by atoms with E-state index >= 15 is 0 Å². The quantitative estimate of drug-likeness (QED) is 0.360. The van der Waals surface area contributed by atoms with Crippen LogP contribution in [0.5, 0.6) is 0 Å². The van der Waals surface area contributed by atoms with Crippen molar-refractivity contribution in [3.05, 3.63) is 119 Å². The first-order chi connectivity index (χ1) is 18.1. The predicted molar refractivity (Wildman–Crippen MR) is 142 cm³/mol. The Balaban J connectivity index is 1.59. The van der Waals surface area contributed by atoms with Gasteiger partial charge in [-0.1, -0.05) is 35.9 Å². The van der Waals surface area contributed by atoms with E-state index in [1.807, 2.05) is 42.7 Å². The Morgan fingerprint density at radius 1 is 1.00 bits per heavy atom. The number of hydrogen-bond donors (Lipinski definition) is 1. The number of anilines is 1. The Bertz CT molecular complexity index is 1350. The second kappa shape index (κ2) is 11.3. The van der Waals surface area contributed by atoms with Gasteiger partial charge in [-0.15, -0.1) is 0 Å². The molecule has 184 valence electrons. The van der Waals surface area contributed by atoms with Crippen LogP contribution in [0.1, 0.15) is 47.1 Å². The fraction of sp³-hybridized carbons (Fsp3) is 0.207. The van der Waals surface area contributed by atoms with Gasteiger partial charge >= 0.3 is 0 Å². The minimum Gasteiger partial charge on any atom is -0.309 e. The minimum absolute atomic E-state index is 0.120. The molecule has 2 atom stereocenters. The second-order valence-electron chi connectivity index (χ2n) is 8.98. The number of carbonyl (C=O) groups is 1. The van der Waals surface area contributed by atoms with Crippen LogP contribution in [0, 0.1) is 11.3 Å². The van der Waals surface area contributed by atoms with Crippen molar-refractivity contribution in [2.75, 3.05) is 11.9 Å². The summed E-state index contributed by atoms with van der Waals surface area (Å²) < 4.78 is 0. The molecule has 0 bridgehead atoms. The Hall–Kier alpha value is -4.12. The Labute approximate surface area is 220 Å². The second-order valence-corrected chi connectivity index (χ2v) is 9.42. The molecule has 0 radical (unpaired) electrons. The van der Waals surface area contributed by atoms with E-state index in [0.717, 1.165) is 29.7 Å². The van der Waals surface area contributed by atoms with E-state index in [0.29, 0.717) is 22.8 Å². The number of benzene rings is 1. The van der Waals surface area contributed by atoms with Gasteiger partial charge in [0.1, 0.15) is 5.82 Å². The fourth-order valence-electron chi connectivity index (χ4n) is 5.11. The van der Waals surface area contributed by atoms with Crippen molar-refractivity contribution in [3.8, 4) is 6.07 Å². The average Bonchev–Trinajstić information content (AvgIpc) is 3.43. The lowest BCUT2D eigenvalue weighted by Gasteiger charge is -2.38. The average molecular weight is 509 g/mol. The van der Waals surface area contributed by atoms with Gasteiger partial charge in [0.05, 0.1) is 22.7 Å². The van der Waals surface area contributed by atoms with Crippen molar-refractivity contribution in [1.82, 2.24) is 19.9 Å². The van der Waals surface area contributed by atoms with E-state index in [4.69, 9.17) is 11.6 Å². The van der Waals surface area contributed by atoms with Gasteiger partial charge in [-0.05, 0) is 72.5 Å². The number of likely N-dealkylation sites (tertiary alicyclic amines) is 1. The topological polar surface area (TPSA) is 94.8 Å². The van der Waals surface area contributed by atoms with E-state index in [2.05, 4.69) is 43.4 Å². The van der Waals surface area contributed by atoms with Gasteiger partial charge in [-0.3, -0.25) is 19.7 Å². The van der Waals surface area contributed by atoms with E-state index in [-0.39, 0.29) is 23.9 Å². The van der Waals surface area contributed by atoms with Crippen LogP contribution in [-0.2, 0) is 4.79 Å². The van der Waals surface area contributed by atoms with Gasteiger partial charge in [-0.2, -0.15) is 5.26 Å². The molecule has 1 N–H and O–H groups in total. The van der Waals surface area contributed by atoms with E-state index in [1.54, 1.807) is 30.6 Å². The smallest absolute Gasteiger partial charge is 0.242 e. The number of nitriles is 1. The molecule has 1 unspecified atom stereocenters. The Kier molecular flexibility index (Phi) is 7.50. The number of aromatic nitrogens is 3. The zero-order valence-corrected chi connectivity index (χ0v) is 20.8. The molecular weight excluding hydrogens is 484 g/mol. The highest BCUT2D eigenvalue weighted by Gasteiger charge is 2.41. The molecule has 1 saturated heterocycles. The number of halogens is 1. The lowest BCUT2D eigenvalue weighted by molar-refractivity contribution is -0.121. The third-order valence-electron chi connectivity index (χ3n) is 6.69. The zero-order chi connectivity index (χ0) is 25.6. The summed E-state index contributed by atoms with van der Waals surface area (Å²) in [7, 11) is 0. The SMILES string of the molecule is N#Cc1cccc(C(C(c2cccnc2)c2cccnc2)N2CCC[C@H]2C(=O)Nc2ccc(Cl)cn2)c1. The number of carbonyl (C=O) groups excluding carboxylic acids is 1. The van der Waals surface area contributed by atoms with Gasteiger partial charge < -0.3 is 5.32 Å². The maximum Gasteiger partial charge on any atom is 0.242 e. The van der Waals surface area contributed by atoms with E-state index in [9.17, 15) is 10.1 Å². The molecule has 4 heterocycles. The van der Waals surface area contributed by atoms with Crippen molar-refractivity contribution in [3.63, 3.8) is 0 Å². The summed E-state index contributed by atoms with van der Waals surface area (Å²) in [5.41, 5.74) is 3.55. The molecule has 4 aromatic rings. The van der Waals surface area contributed by atoms with Crippen molar-refractivity contribution in [2.45, 2.75) is 30.8 Å². The largest absolute Gasteiger partial charge is 0.309 e. The molecule has 0 aliphatic carbocycles. The lowest BCUT2D eigenvalue weighted by atomic mass is 9.81. The van der Waals surface area contributed by atoms with Crippen molar-refractivity contribution >= 4 is 23.3 Å². The van der Waals surface area contributed by atoms with Crippen LogP contribution in [0.25, 0.3) is 0 Å². The van der Waals surface area contributed by atoms with Crippen molar-refractivity contribution < 1.29 is 4.79 Å². The summed E-state index contributed by atoms with van der Waals surface area (Å²) in [5.74, 6) is 0.170. The lowest BCUT2D eigenvalue weighted by Crippen LogP contribution is -2.44. The molecule has 37 heavy (non-hydrogen) atoms. The van der Waals surface area contributed by atoms with Gasteiger partial charge in [0.15, 0.2) is 0 Å². The molecule has 1 aliphatic heterocycles. The number of nitrogens with zero attached hydrogens (tertiary/aromatic N) is 5. The van der Waals surface area contributed by atoms with Gasteiger partial charge in [0.25, 0.3) is 0 Å². The molecular formula is C29H25ClN6O. The van der Waals surface area contributed by atoms with Crippen LogP contribution in [0.3, 0.4) is 0 Å². The van der Waals surface area contributed by atoms with Crippen molar-refractivity contribution in [2.24, 2.45) is 0 Å². The summed E-state index contributed by atoms with van der Waals surface area (Å²) in [6.45, 7) is 0.727. The predicted octanol–water partition coefficient (Wildman–Crippen LogP) is 5.37. The highest BCUT2D eigenvalue weighted by Crippen LogP contribution is 2.43. The number of pyridine rings is 3. The molecule has 0 saturated carbocycles. The van der Waals surface area contributed by atoms with Crippen LogP contribution < -0.4 is 5.32 Å². The molecule has 1 aromatic carbocycles. The third kappa shape index (κ3) is 5.51. The first-order valence-corrected chi connectivity index (χ1v) is 12.5. The number of nitrogens with one attached hydrogen (secondary N) is 1. The fourth-order valence-corrected chi connectivity index (χ4v) is 5.22. The van der Waals surface area contributed by atoms with Crippen LogP contribution in [0.15, 0.2) is 91.6 Å². The first kappa shape index (κ1) is 24.6. The van der Waals surface area contributed by atoms with Gasteiger partial charge in [-0.25, -0.2) is 4.98 Å². The maximum atomic E-state index is 13.6. The summed E-state index contributed by atoms with van der Waals surface area (Å²) in [6.07, 6.45) is 10.3. The molecule has 1 amide bonds. The molecule has 7 nitrogen and oxygen atoms in total. The molecule has 1 aliphatic rings. The highest BCUT2D eigenvalue weighted by atomic mass is 35.5. The molecule has 1 fully saturated rings. The monoisotopic (exact) mass is 508 g/mol. The van der Waals surface area contributed by atoms with Gasteiger partial charge in [0, 0.05) is 42.9 Å². The summed E-state index contributed by atoms with van der Waals surface area (Å²) in [5, 5.41) is 13.1. The van der Waals surface area contributed by atoms with Gasteiger partial charge in [0.2, 0.25) is 5.91 Å². The summed E-state index contributed by atoms with van der Waals surface area (Å²) in [6, 6.07) is 20.6. The van der Waals surface area contributed by atoms with E-state index < -0.39 is 0 Å². The van der Waals surface area contributed by atoms with Crippen LogP contribution >= 0.6 is 11.6 Å². The number of amides is 1.